The number of hydrogen-bond acceptors (Lipinski definition) is 4. The van der Waals surface area contributed by atoms with Gasteiger partial charge in [-0.2, -0.15) is 9.57 Å². The van der Waals surface area contributed by atoms with Crippen LogP contribution in [0.15, 0.2) is 51.8 Å². The van der Waals surface area contributed by atoms with E-state index in [4.69, 9.17) is 5.26 Å². The molecule has 26 heavy (non-hydrogen) atoms. The summed E-state index contributed by atoms with van der Waals surface area (Å²) in [4.78, 5) is 12.7. The average molecular weight is 434 g/mol. The van der Waals surface area contributed by atoms with Gasteiger partial charge in [0.1, 0.15) is 0 Å². The standard InChI is InChI=1S/C18H16BrN3O3S/c19-17-8-7-15(26(24,25)22-9-1-2-10-22)11-16(17)18(23)21-14-5-3-13(12-20)4-6-14/h3-8,11H,1-2,9-10H2,(H,21,23). The molecule has 8 heteroatoms. The molecular formula is C18H16BrN3O3S. The van der Waals surface area contributed by atoms with Gasteiger partial charge in [0.15, 0.2) is 0 Å². The molecule has 1 saturated heterocycles. The summed E-state index contributed by atoms with van der Waals surface area (Å²) in [5.74, 6) is -0.431. The van der Waals surface area contributed by atoms with Crippen molar-refractivity contribution in [3.05, 3.63) is 58.1 Å². The lowest BCUT2D eigenvalue weighted by atomic mass is 10.2. The average Bonchev–Trinajstić information content (AvgIpc) is 3.18. The van der Waals surface area contributed by atoms with E-state index in [9.17, 15) is 13.2 Å². The third kappa shape index (κ3) is 3.80. The number of nitriles is 1. The first kappa shape index (κ1) is 18.6. The van der Waals surface area contributed by atoms with Crippen molar-refractivity contribution < 1.29 is 13.2 Å². The van der Waals surface area contributed by atoms with Crippen LogP contribution < -0.4 is 5.32 Å². The normalized spacial score (nSPS) is 14.8. The first-order valence-corrected chi connectivity index (χ1v) is 10.3. The van der Waals surface area contributed by atoms with Crippen molar-refractivity contribution in [3.8, 4) is 6.07 Å². The minimum atomic E-state index is -3.60. The maximum atomic E-state index is 12.7. The number of rotatable bonds is 4. The zero-order valence-corrected chi connectivity index (χ0v) is 16.2. The summed E-state index contributed by atoms with van der Waals surface area (Å²) in [7, 11) is -3.60. The van der Waals surface area contributed by atoms with Crippen molar-refractivity contribution in [2.75, 3.05) is 18.4 Å². The number of hydrogen-bond donors (Lipinski definition) is 1. The lowest BCUT2D eigenvalue weighted by Gasteiger charge is -2.16. The molecule has 1 N–H and O–H groups in total. The summed E-state index contributed by atoms with van der Waals surface area (Å²) in [6.07, 6.45) is 1.70. The van der Waals surface area contributed by atoms with E-state index in [0.29, 0.717) is 28.8 Å². The Kier molecular flexibility index (Phi) is 5.41. The fourth-order valence-electron chi connectivity index (χ4n) is 2.74. The first-order chi connectivity index (χ1) is 12.4. The van der Waals surface area contributed by atoms with Crippen LogP contribution in [0.4, 0.5) is 5.69 Å². The van der Waals surface area contributed by atoms with Crippen molar-refractivity contribution in [3.63, 3.8) is 0 Å². The number of amides is 1. The molecule has 0 spiro atoms. The molecule has 1 fully saturated rings. The van der Waals surface area contributed by atoms with Crippen molar-refractivity contribution >= 4 is 37.5 Å². The summed E-state index contributed by atoms with van der Waals surface area (Å²) >= 11 is 3.31. The van der Waals surface area contributed by atoms with Crippen LogP contribution in [-0.4, -0.2) is 31.7 Å². The summed E-state index contributed by atoms with van der Waals surface area (Å²) in [5.41, 5.74) is 1.24. The van der Waals surface area contributed by atoms with Gasteiger partial charge in [0.05, 0.1) is 22.1 Å². The number of nitrogens with one attached hydrogen (secondary N) is 1. The molecule has 3 rings (SSSR count). The smallest absolute Gasteiger partial charge is 0.256 e. The van der Waals surface area contributed by atoms with Crippen molar-refractivity contribution in [1.29, 1.82) is 5.26 Å². The van der Waals surface area contributed by atoms with E-state index < -0.39 is 15.9 Å². The zero-order chi connectivity index (χ0) is 18.7. The van der Waals surface area contributed by atoms with Crippen molar-refractivity contribution in [2.24, 2.45) is 0 Å². The van der Waals surface area contributed by atoms with Gasteiger partial charge in [-0.25, -0.2) is 8.42 Å². The van der Waals surface area contributed by atoms with E-state index in [1.54, 1.807) is 30.3 Å². The molecule has 0 aliphatic carbocycles. The largest absolute Gasteiger partial charge is 0.322 e. The molecular weight excluding hydrogens is 418 g/mol. The Morgan fingerprint density at radius 1 is 1.12 bits per heavy atom. The van der Waals surface area contributed by atoms with Crippen LogP contribution >= 0.6 is 15.9 Å². The molecule has 0 atom stereocenters. The van der Waals surface area contributed by atoms with Crippen LogP contribution in [0.2, 0.25) is 0 Å². The van der Waals surface area contributed by atoms with Crippen LogP contribution in [0, 0.1) is 11.3 Å². The predicted molar refractivity (Wildman–Crippen MR) is 101 cm³/mol. The molecule has 2 aromatic rings. The van der Waals surface area contributed by atoms with E-state index in [1.165, 1.54) is 16.4 Å². The number of halogens is 1. The Morgan fingerprint density at radius 2 is 1.77 bits per heavy atom. The van der Waals surface area contributed by atoms with Gasteiger partial charge in [0, 0.05) is 23.2 Å². The molecule has 6 nitrogen and oxygen atoms in total. The molecule has 134 valence electrons. The Hall–Kier alpha value is -2.21. The Labute approximate surface area is 160 Å². The van der Waals surface area contributed by atoms with Crippen LogP contribution in [-0.2, 0) is 10.0 Å². The Morgan fingerprint density at radius 3 is 2.38 bits per heavy atom. The maximum Gasteiger partial charge on any atom is 0.256 e. The Bertz CT molecular complexity index is 976. The van der Waals surface area contributed by atoms with Crippen LogP contribution in [0.3, 0.4) is 0 Å². The van der Waals surface area contributed by atoms with E-state index >= 15 is 0 Å². The second-order valence-electron chi connectivity index (χ2n) is 5.90. The lowest BCUT2D eigenvalue weighted by molar-refractivity contribution is 0.102. The highest BCUT2D eigenvalue weighted by Crippen LogP contribution is 2.26. The molecule has 2 aromatic carbocycles. The molecule has 1 amide bonds. The van der Waals surface area contributed by atoms with Gasteiger partial charge in [0.2, 0.25) is 10.0 Å². The topological polar surface area (TPSA) is 90.3 Å². The summed E-state index contributed by atoms with van der Waals surface area (Å²) in [6.45, 7) is 1.01. The number of carbonyl (C=O) groups excluding carboxylic acids is 1. The second kappa shape index (κ2) is 7.58. The minimum absolute atomic E-state index is 0.104. The third-order valence-corrected chi connectivity index (χ3v) is 6.74. The summed E-state index contributed by atoms with van der Waals surface area (Å²) < 4.78 is 27.3. The summed E-state index contributed by atoms with van der Waals surface area (Å²) in [5, 5.41) is 11.5. The number of carbonyl (C=O) groups is 1. The highest BCUT2D eigenvalue weighted by atomic mass is 79.9. The van der Waals surface area contributed by atoms with E-state index in [1.807, 2.05) is 6.07 Å². The zero-order valence-electron chi connectivity index (χ0n) is 13.8. The minimum Gasteiger partial charge on any atom is -0.322 e. The van der Waals surface area contributed by atoms with E-state index in [0.717, 1.165) is 12.8 Å². The highest BCUT2D eigenvalue weighted by molar-refractivity contribution is 9.10. The number of benzene rings is 2. The van der Waals surface area contributed by atoms with Gasteiger partial charge >= 0.3 is 0 Å². The van der Waals surface area contributed by atoms with E-state index in [2.05, 4.69) is 21.2 Å². The van der Waals surface area contributed by atoms with Crippen molar-refractivity contribution in [2.45, 2.75) is 17.7 Å². The highest BCUT2D eigenvalue weighted by Gasteiger charge is 2.28. The maximum absolute atomic E-state index is 12.7. The molecule has 0 saturated carbocycles. The fraction of sp³-hybridized carbons (Fsp3) is 0.222. The van der Waals surface area contributed by atoms with Gasteiger partial charge in [-0.15, -0.1) is 0 Å². The first-order valence-electron chi connectivity index (χ1n) is 8.03. The van der Waals surface area contributed by atoms with Gasteiger partial charge in [0.25, 0.3) is 5.91 Å². The van der Waals surface area contributed by atoms with Gasteiger partial charge in [-0.05, 0) is 71.2 Å². The molecule has 0 unspecified atom stereocenters. The quantitative estimate of drug-likeness (QED) is 0.799. The van der Waals surface area contributed by atoms with E-state index in [-0.39, 0.29) is 10.5 Å². The van der Waals surface area contributed by atoms with Crippen molar-refractivity contribution in [1.82, 2.24) is 4.31 Å². The number of anilines is 1. The fourth-order valence-corrected chi connectivity index (χ4v) is 4.71. The molecule has 1 aliphatic heterocycles. The van der Waals surface area contributed by atoms with Crippen LogP contribution in [0.1, 0.15) is 28.8 Å². The SMILES string of the molecule is N#Cc1ccc(NC(=O)c2cc(S(=O)(=O)N3CCCC3)ccc2Br)cc1. The van der Waals surface area contributed by atoms with Gasteiger partial charge < -0.3 is 5.32 Å². The molecule has 0 aromatic heterocycles. The van der Waals surface area contributed by atoms with Crippen LogP contribution in [0.5, 0.6) is 0 Å². The second-order valence-corrected chi connectivity index (χ2v) is 8.69. The number of nitrogens with zero attached hydrogens (tertiary/aromatic N) is 2. The monoisotopic (exact) mass is 433 g/mol. The summed E-state index contributed by atoms with van der Waals surface area (Å²) in [6, 6.07) is 12.9. The third-order valence-electron chi connectivity index (χ3n) is 4.16. The van der Waals surface area contributed by atoms with Gasteiger partial charge in [-0.3, -0.25) is 4.79 Å². The predicted octanol–water partition coefficient (Wildman–Crippen LogP) is 3.36. The Balaban J connectivity index is 1.87. The molecule has 1 aliphatic rings. The molecule has 0 bridgehead atoms. The van der Waals surface area contributed by atoms with Gasteiger partial charge in [-0.1, -0.05) is 0 Å². The van der Waals surface area contributed by atoms with Crippen LogP contribution in [0.25, 0.3) is 0 Å². The lowest BCUT2D eigenvalue weighted by Crippen LogP contribution is -2.28. The number of sulfonamides is 1. The molecule has 1 heterocycles. The molecule has 0 radical (unpaired) electrons.